The summed E-state index contributed by atoms with van der Waals surface area (Å²) < 4.78 is 7.16. The minimum atomic E-state index is 0.266. The van der Waals surface area contributed by atoms with Crippen LogP contribution in [0.1, 0.15) is 47.3 Å². The average molecular weight is 353 g/mol. The molecular formula is C20H27N5O. The topological polar surface area (TPSA) is 64.3 Å². The first kappa shape index (κ1) is 18.3. The molecule has 3 rings (SSSR count). The lowest BCUT2D eigenvalue weighted by molar-refractivity contribution is 0.178. The van der Waals surface area contributed by atoms with Crippen molar-refractivity contribution >= 4 is 17.3 Å². The van der Waals surface area contributed by atoms with Gasteiger partial charge in [-0.05, 0) is 45.2 Å². The van der Waals surface area contributed by atoms with E-state index in [1.807, 2.05) is 13.1 Å². The molecule has 0 aliphatic carbocycles. The quantitative estimate of drug-likeness (QED) is 0.718. The molecule has 0 aliphatic heterocycles. The number of aromatic nitrogens is 4. The molecule has 1 unspecified atom stereocenters. The Bertz CT molecular complexity index is 908. The summed E-state index contributed by atoms with van der Waals surface area (Å²) in [6.45, 7) is 11.0. The Labute approximate surface area is 154 Å². The van der Waals surface area contributed by atoms with Gasteiger partial charge in [0.1, 0.15) is 5.82 Å². The molecule has 1 N–H and O–H groups in total. The summed E-state index contributed by atoms with van der Waals surface area (Å²) in [5, 5.41) is 8.03. The van der Waals surface area contributed by atoms with Gasteiger partial charge in [0.05, 0.1) is 12.8 Å². The third kappa shape index (κ3) is 3.42. The van der Waals surface area contributed by atoms with E-state index < -0.39 is 0 Å². The van der Waals surface area contributed by atoms with E-state index in [4.69, 9.17) is 4.74 Å². The van der Waals surface area contributed by atoms with Crippen LogP contribution >= 0.6 is 0 Å². The summed E-state index contributed by atoms with van der Waals surface area (Å²) in [4.78, 5) is 9.23. The minimum absolute atomic E-state index is 0.266. The number of nitrogens with zero attached hydrogens (tertiary/aromatic N) is 4. The lowest BCUT2D eigenvalue weighted by Gasteiger charge is -2.15. The van der Waals surface area contributed by atoms with Crippen LogP contribution in [0, 0.1) is 27.7 Å². The van der Waals surface area contributed by atoms with Crippen molar-refractivity contribution in [1.29, 1.82) is 0 Å². The summed E-state index contributed by atoms with van der Waals surface area (Å²) in [6.07, 6.45) is 2.86. The van der Waals surface area contributed by atoms with Crippen LogP contribution < -0.4 is 5.32 Å². The van der Waals surface area contributed by atoms with Crippen molar-refractivity contribution in [2.75, 3.05) is 19.0 Å². The second-order valence-electron chi connectivity index (χ2n) is 6.89. The maximum Gasteiger partial charge on any atom is 0.232 e. The van der Waals surface area contributed by atoms with Gasteiger partial charge in [-0.25, -0.2) is 4.98 Å². The Morgan fingerprint density at radius 2 is 1.81 bits per heavy atom. The highest BCUT2D eigenvalue weighted by atomic mass is 16.5. The van der Waals surface area contributed by atoms with Crippen LogP contribution in [0.2, 0.25) is 0 Å². The van der Waals surface area contributed by atoms with Crippen LogP contribution in [0.4, 0.5) is 11.6 Å². The first-order chi connectivity index (χ1) is 12.4. The van der Waals surface area contributed by atoms with Crippen molar-refractivity contribution in [2.45, 2.75) is 47.0 Å². The number of hydrogen-bond donors (Lipinski definition) is 1. The molecule has 2 aromatic heterocycles. The van der Waals surface area contributed by atoms with E-state index in [-0.39, 0.29) is 5.92 Å². The number of nitrogens with one attached hydrogen (secondary N) is 1. The van der Waals surface area contributed by atoms with Crippen LogP contribution in [-0.2, 0) is 4.74 Å². The summed E-state index contributed by atoms with van der Waals surface area (Å²) in [5.41, 5.74) is 6.62. The van der Waals surface area contributed by atoms with Crippen molar-refractivity contribution in [3.05, 3.63) is 46.4 Å². The van der Waals surface area contributed by atoms with E-state index in [0.717, 1.165) is 29.1 Å². The highest BCUT2D eigenvalue weighted by molar-refractivity contribution is 5.65. The number of hydrogen-bond acceptors (Lipinski definition) is 5. The van der Waals surface area contributed by atoms with Crippen molar-refractivity contribution < 1.29 is 4.74 Å². The van der Waals surface area contributed by atoms with Gasteiger partial charge in [-0.3, -0.25) is 0 Å². The number of fused-ring (bicyclic) bond motifs is 1. The van der Waals surface area contributed by atoms with Gasteiger partial charge < -0.3 is 10.1 Å². The first-order valence-corrected chi connectivity index (χ1v) is 9.00. The van der Waals surface area contributed by atoms with Crippen LogP contribution in [0.25, 0.3) is 5.65 Å². The van der Waals surface area contributed by atoms with Crippen molar-refractivity contribution in [3.63, 3.8) is 0 Å². The predicted octanol–water partition coefficient (Wildman–Crippen LogP) is 4.24. The zero-order valence-electron chi connectivity index (χ0n) is 16.4. The SMILES string of the molecule is CCC(COC)c1cnn2c(Nc3c(C)cc(C)cc3C)nc(C)nc12. The molecule has 0 spiro atoms. The van der Waals surface area contributed by atoms with Gasteiger partial charge in [0, 0.05) is 24.3 Å². The fraction of sp³-hybridized carbons (Fsp3) is 0.450. The van der Waals surface area contributed by atoms with Crippen LogP contribution in [0.3, 0.4) is 0 Å². The third-order valence-electron chi connectivity index (χ3n) is 4.72. The number of aryl methyl sites for hydroxylation is 4. The molecule has 0 saturated carbocycles. The second kappa shape index (κ2) is 7.41. The van der Waals surface area contributed by atoms with E-state index >= 15 is 0 Å². The number of methoxy groups -OCH3 is 1. The van der Waals surface area contributed by atoms with Gasteiger partial charge in [-0.1, -0.05) is 24.6 Å². The molecule has 0 amide bonds. The standard InChI is InChI=1S/C20H27N5O/c1-7-16(11-26-6)17-10-21-25-19(17)22-15(5)23-20(25)24-18-13(3)8-12(2)9-14(18)4/h8-10,16H,7,11H2,1-6H3,(H,22,23,24). The summed E-state index contributed by atoms with van der Waals surface area (Å²) >= 11 is 0. The lowest BCUT2D eigenvalue weighted by atomic mass is 10.0. The monoisotopic (exact) mass is 353 g/mol. The highest BCUT2D eigenvalue weighted by Crippen LogP contribution is 2.28. The number of benzene rings is 1. The molecule has 0 bridgehead atoms. The molecule has 6 nitrogen and oxygen atoms in total. The zero-order valence-corrected chi connectivity index (χ0v) is 16.4. The maximum absolute atomic E-state index is 5.37. The molecule has 26 heavy (non-hydrogen) atoms. The Morgan fingerprint density at radius 3 is 2.42 bits per heavy atom. The van der Waals surface area contributed by atoms with Crippen molar-refractivity contribution in [3.8, 4) is 0 Å². The van der Waals surface area contributed by atoms with Gasteiger partial charge in [0.25, 0.3) is 0 Å². The van der Waals surface area contributed by atoms with E-state index in [0.29, 0.717) is 12.6 Å². The Morgan fingerprint density at radius 1 is 1.12 bits per heavy atom. The summed E-state index contributed by atoms with van der Waals surface area (Å²) in [6, 6.07) is 4.33. The number of anilines is 2. The fourth-order valence-electron chi connectivity index (χ4n) is 3.49. The van der Waals surface area contributed by atoms with Crippen LogP contribution in [0.5, 0.6) is 0 Å². The molecule has 3 aromatic rings. The minimum Gasteiger partial charge on any atom is -0.384 e. The Balaban J connectivity index is 2.09. The lowest BCUT2D eigenvalue weighted by Crippen LogP contribution is -2.10. The van der Waals surface area contributed by atoms with E-state index in [2.05, 4.69) is 60.2 Å². The molecular weight excluding hydrogens is 326 g/mol. The number of rotatable bonds is 6. The van der Waals surface area contributed by atoms with Crippen molar-refractivity contribution in [2.24, 2.45) is 0 Å². The molecule has 1 atom stereocenters. The largest absolute Gasteiger partial charge is 0.384 e. The van der Waals surface area contributed by atoms with Crippen molar-refractivity contribution in [1.82, 2.24) is 19.6 Å². The maximum atomic E-state index is 5.37. The van der Waals surface area contributed by atoms with Gasteiger partial charge in [-0.2, -0.15) is 14.6 Å². The van der Waals surface area contributed by atoms with Gasteiger partial charge in [0.2, 0.25) is 5.95 Å². The zero-order chi connectivity index (χ0) is 18.8. The third-order valence-corrected chi connectivity index (χ3v) is 4.72. The molecule has 0 saturated heterocycles. The molecule has 0 aliphatic rings. The molecule has 1 aromatic carbocycles. The molecule has 138 valence electrons. The van der Waals surface area contributed by atoms with Gasteiger partial charge in [0.15, 0.2) is 5.65 Å². The smallest absolute Gasteiger partial charge is 0.232 e. The van der Waals surface area contributed by atoms with E-state index in [1.54, 1.807) is 11.6 Å². The Kier molecular flexibility index (Phi) is 5.23. The number of ether oxygens (including phenoxy) is 1. The first-order valence-electron chi connectivity index (χ1n) is 9.00. The van der Waals surface area contributed by atoms with E-state index in [1.165, 1.54) is 16.7 Å². The average Bonchev–Trinajstić information content (AvgIpc) is 2.99. The fourth-order valence-corrected chi connectivity index (χ4v) is 3.49. The molecule has 6 heteroatoms. The Hall–Kier alpha value is -2.47. The van der Waals surface area contributed by atoms with Gasteiger partial charge >= 0.3 is 0 Å². The molecule has 2 heterocycles. The van der Waals surface area contributed by atoms with Crippen LogP contribution in [0.15, 0.2) is 18.3 Å². The highest BCUT2D eigenvalue weighted by Gasteiger charge is 2.19. The van der Waals surface area contributed by atoms with E-state index in [9.17, 15) is 0 Å². The summed E-state index contributed by atoms with van der Waals surface area (Å²) in [5.74, 6) is 1.67. The molecule has 0 fully saturated rings. The summed E-state index contributed by atoms with van der Waals surface area (Å²) in [7, 11) is 1.73. The van der Waals surface area contributed by atoms with Crippen LogP contribution in [-0.4, -0.2) is 33.3 Å². The normalized spacial score (nSPS) is 12.5. The van der Waals surface area contributed by atoms with Gasteiger partial charge in [-0.15, -0.1) is 0 Å². The predicted molar refractivity (Wildman–Crippen MR) is 104 cm³/mol. The molecule has 0 radical (unpaired) electrons. The second-order valence-corrected chi connectivity index (χ2v) is 6.89.